The van der Waals surface area contributed by atoms with E-state index in [1.165, 1.54) is 0 Å². The van der Waals surface area contributed by atoms with E-state index < -0.39 is 5.97 Å². The predicted molar refractivity (Wildman–Crippen MR) is 76.8 cm³/mol. The molecular formula is C13H19N3O3S. The molecule has 0 aromatic carbocycles. The molecule has 1 aromatic heterocycles. The molecule has 6 nitrogen and oxygen atoms in total. The molecule has 1 saturated heterocycles. The van der Waals surface area contributed by atoms with Gasteiger partial charge in [-0.3, -0.25) is 9.69 Å². The second-order valence-corrected chi connectivity index (χ2v) is 5.91. The molecule has 2 amide bonds. The highest BCUT2D eigenvalue weighted by molar-refractivity contribution is 7.09. The maximum Gasteiger partial charge on any atom is 0.320 e. The van der Waals surface area contributed by atoms with Crippen LogP contribution in [-0.2, 0) is 11.3 Å². The zero-order valence-electron chi connectivity index (χ0n) is 11.5. The Bertz CT molecular complexity index is 455. The first-order chi connectivity index (χ1) is 9.56. The zero-order valence-corrected chi connectivity index (χ0v) is 12.3. The number of carbonyl (C=O) groups is 2. The minimum atomic E-state index is -0.820. The molecule has 0 radical (unpaired) electrons. The summed E-state index contributed by atoms with van der Waals surface area (Å²) in [4.78, 5) is 29.4. The van der Waals surface area contributed by atoms with Gasteiger partial charge in [-0.05, 0) is 11.4 Å². The standard InChI is InChI=1S/C13H19N3O3S/c1-14(9-11-3-2-8-20-11)13(19)16-6-4-15(5-7-16)10-12(17)18/h2-3,8H,4-7,9-10H2,1H3,(H,17,18). The number of aliphatic carboxylic acids is 1. The van der Waals surface area contributed by atoms with E-state index in [-0.39, 0.29) is 12.6 Å². The van der Waals surface area contributed by atoms with Crippen LogP contribution in [0.25, 0.3) is 0 Å². The van der Waals surface area contributed by atoms with E-state index in [9.17, 15) is 9.59 Å². The van der Waals surface area contributed by atoms with Gasteiger partial charge >= 0.3 is 12.0 Å². The van der Waals surface area contributed by atoms with Gasteiger partial charge in [-0.15, -0.1) is 11.3 Å². The molecule has 20 heavy (non-hydrogen) atoms. The Kier molecular flexibility index (Phi) is 4.97. The van der Waals surface area contributed by atoms with Crippen molar-refractivity contribution in [2.24, 2.45) is 0 Å². The fraction of sp³-hybridized carbons (Fsp3) is 0.538. The first-order valence-electron chi connectivity index (χ1n) is 6.53. The number of nitrogens with zero attached hydrogens (tertiary/aromatic N) is 3. The molecule has 1 aromatic rings. The van der Waals surface area contributed by atoms with Crippen molar-refractivity contribution < 1.29 is 14.7 Å². The van der Waals surface area contributed by atoms with Crippen LogP contribution < -0.4 is 0 Å². The third kappa shape index (κ3) is 3.94. The number of piperazine rings is 1. The van der Waals surface area contributed by atoms with E-state index in [1.54, 1.807) is 28.2 Å². The molecule has 0 spiro atoms. The van der Waals surface area contributed by atoms with Crippen LogP contribution in [0.2, 0.25) is 0 Å². The number of carbonyl (C=O) groups excluding carboxylic acids is 1. The van der Waals surface area contributed by atoms with Crippen molar-refractivity contribution in [3.8, 4) is 0 Å². The molecule has 1 fully saturated rings. The van der Waals surface area contributed by atoms with Crippen molar-refractivity contribution in [2.45, 2.75) is 6.54 Å². The van der Waals surface area contributed by atoms with Gasteiger partial charge in [0.25, 0.3) is 0 Å². The summed E-state index contributed by atoms with van der Waals surface area (Å²) in [5, 5.41) is 10.7. The fourth-order valence-corrected chi connectivity index (χ4v) is 2.99. The molecule has 0 bridgehead atoms. The average molecular weight is 297 g/mol. The number of hydrogen-bond acceptors (Lipinski definition) is 4. The maximum absolute atomic E-state index is 12.3. The van der Waals surface area contributed by atoms with E-state index in [2.05, 4.69) is 0 Å². The van der Waals surface area contributed by atoms with Crippen LogP contribution in [0.1, 0.15) is 4.88 Å². The van der Waals surface area contributed by atoms with Gasteiger partial charge < -0.3 is 14.9 Å². The van der Waals surface area contributed by atoms with E-state index in [4.69, 9.17) is 5.11 Å². The highest BCUT2D eigenvalue weighted by Gasteiger charge is 2.24. The number of carboxylic acid groups (broad SMARTS) is 1. The predicted octanol–water partition coefficient (Wildman–Crippen LogP) is 1.00. The van der Waals surface area contributed by atoms with Gasteiger partial charge in [0.15, 0.2) is 0 Å². The van der Waals surface area contributed by atoms with Crippen LogP contribution >= 0.6 is 11.3 Å². The largest absolute Gasteiger partial charge is 0.480 e. The summed E-state index contributed by atoms with van der Waals surface area (Å²) in [5.41, 5.74) is 0. The van der Waals surface area contributed by atoms with Crippen LogP contribution in [-0.4, -0.2) is 71.6 Å². The van der Waals surface area contributed by atoms with Crippen molar-refractivity contribution in [1.29, 1.82) is 0 Å². The average Bonchev–Trinajstić information content (AvgIpc) is 2.91. The van der Waals surface area contributed by atoms with Gasteiger partial charge in [-0.1, -0.05) is 6.07 Å². The van der Waals surface area contributed by atoms with Crippen LogP contribution in [0.15, 0.2) is 17.5 Å². The lowest BCUT2D eigenvalue weighted by Gasteiger charge is -2.35. The summed E-state index contributed by atoms with van der Waals surface area (Å²) < 4.78 is 0. The molecule has 0 atom stereocenters. The van der Waals surface area contributed by atoms with Crippen LogP contribution in [0.3, 0.4) is 0 Å². The third-order valence-corrected chi connectivity index (χ3v) is 4.16. The van der Waals surface area contributed by atoms with Crippen LogP contribution in [0, 0.1) is 0 Å². The highest BCUT2D eigenvalue weighted by Crippen LogP contribution is 2.13. The van der Waals surface area contributed by atoms with Crippen LogP contribution in [0.4, 0.5) is 4.79 Å². The molecule has 0 unspecified atom stereocenters. The minimum Gasteiger partial charge on any atom is -0.480 e. The Morgan fingerprint density at radius 1 is 1.35 bits per heavy atom. The molecule has 0 saturated carbocycles. The Hall–Kier alpha value is -1.60. The first kappa shape index (κ1) is 14.8. The molecule has 7 heteroatoms. The van der Waals surface area contributed by atoms with Crippen LogP contribution in [0.5, 0.6) is 0 Å². The quantitative estimate of drug-likeness (QED) is 0.900. The SMILES string of the molecule is CN(Cc1cccs1)C(=O)N1CCN(CC(=O)O)CC1. The third-order valence-electron chi connectivity index (χ3n) is 3.30. The smallest absolute Gasteiger partial charge is 0.320 e. The summed E-state index contributed by atoms with van der Waals surface area (Å²) in [6, 6.07) is 4.00. The molecule has 1 aliphatic rings. The van der Waals surface area contributed by atoms with Gasteiger partial charge in [-0.2, -0.15) is 0 Å². The van der Waals surface area contributed by atoms with Gasteiger partial charge in [0.1, 0.15) is 0 Å². The summed E-state index contributed by atoms with van der Waals surface area (Å²) >= 11 is 1.64. The highest BCUT2D eigenvalue weighted by atomic mass is 32.1. The Labute approximate surface area is 122 Å². The zero-order chi connectivity index (χ0) is 14.5. The summed E-state index contributed by atoms with van der Waals surface area (Å²) in [5.74, 6) is -0.820. The van der Waals surface area contributed by atoms with E-state index in [1.807, 2.05) is 22.4 Å². The minimum absolute atomic E-state index is 0.00775. The monoisotopic (exact) mass is 297 g/mol. The van der Waals surface area contributed by atoms with E-state index in [0.29, 0.717) is 32.7 Å². The number of hydrogen-bond donors (Lipinski definition) is 1. The molecular weight excluding hydrogens is 278 g/mol. The van der Waals surface area contributed by atoms with Gasteiger partial charge in [-0.25, -0.2) is 4.79 Å². The lowest BCUT2D eigenvalue weighted by molar-refractivity contribution is -0.138. The normalized spacial score (nSPS) is 16.1. The molecule has 110 valence electrons. The van der Waals surface area contributed by atoms with Crippen molar-refractivity contribution in [1.82, 2.24) is 14.7 Å². The topological polar surface area (TPSA) is 64.1 Å². The molecule has 1 N–H and O–H groups in total. The maximum atomic E-state index is 12.3. The summed E-state index contributed by atoms with van der Waals surface area (Å²) in [6.45, 7) is 3.07. The fourth-order valence-electron chi connectivity index (χ4n) is 2.23. The van der Waals surface area contributed by atoms with Gasteiger partial charge in [0.2, 0.25) is 0 Å². The van der Waals surface area contributed by atoms with Gasteiger partial charge in [0.05, 0.1) is 13.1 Å². The number of carboxylic acids is 1. The summed E-state index contributed by atoms with van der Waals surface area (Å²) in [7, 11) is 1.80. The summed E-state index contributed by atoms with van der Waals surface area (Å²) in [6.07, 6.45) is 0. The Morgan fingerprint density at radius 2 is 2.05 bits per heavy atom. The molecule has 1 aliphatic heterocycles. The van der Waals surface area contributed by atoms with E-state index >= 15 is 0 Å². The van der Waals surface area contributed by atoms with Crippen molar-refractivity contribution in [2.75, 3.05) is 39.8 Å². The number of rotatable bonds is 4. The first-order valence-corrected chi connectivity index (χ1v) is 7.41. The molecule has 2 rings (SSSR count). The number of thiophene rings is 1. The second kappa shape index (κ2) is 6.71. The lowest BCUT2D eigenvalue weighted by atomic mass is 10.3. The molecule has 2 heterocycles. The Morgan fingerprint density at radius 3 is 2.60 bits per heavy atom. The number of amides is 2. The van der Waals surface area contributed by atoms with Crippen molar-refractivity contribution in [3.63, 3.8) is 0 Å². The van der Waals surface area contributed by atoms with E-state index in [0.717, 1.165) is 4.88 Å². The lowest BCUT2D eigenvalue weighted by Crippen LogP contribution is -2.52. The Balaban J connectivity index is 1.80. The van der Waals surface area contributed by atoms with Gasteiger partial charge in [0, 0.05) is 38.1 Å². The van der Waals surface area contributed by atoms with Crippen molar-refractivity contribution in [3.05, 3.63) is 22.4 Å². The molecule has 0 aliphatic carbocycles. The van der Waals surface area contributed by atoms with Crippen molar-refractivity contribution >= 4 is 23.3 Å². The number of urea groups is 1. The second-order valence-electron chi connectivity index (χ2n) is 4.87.